The maximum absolute atomic E-state index is 12.5. The Labute approximate surface area is 133 Å². The van der Waals surface area contributed by atoms with Crippen molar-refractivity contribution in [3.8, 4) is 0 Å². The Bertz CT molecular complexity index is 483. The Morgan fingerprint density at radius 1 is 1.14 bits per heavy atom. The first-order valence-electron chi connectivity index (χ1n) is 8.17. The van der Waals surface area contributed by atoms with Crippen molar-refractivity contribution in [1.82, 2.24) is 15.2 Å². The molecule has 0 fully saturated rings. The van der Waals surface area contributed by atoms with Gasteiger partial charge in [0.25, 0.3) is 11.8 Å². The molecular weight excluding hydrogens is 278 g/mol. The van der Waals surface area contributed by atoms with Crippen molar-refractivity contribution < 1.29 is 9.59 Å². The van der Waals surface area contributed by atoms with Gasteiger partial charge in [0.2, 0.25) is 0 Å². The highest BCUT2D eigenvalue weighted by molar-refractivity contribution is 5.98. The molecule has 2 amide bonds. The van der Waals surface area contributed by atoms with Crippen LogP contribution in [-0.4, -0.2) is 41.3 Å². The van der Waals surface area contributed by atoms with E-state index in [1.807, 2.05) is 13.8 Å². The number of aromatic nitrogens is 1. The Morgan fingerprint density at radius 2 is 1.82 bits per heavy atom. The quantitative estimate of drug-likeness (QED) is 0.714. The number of hydrogen-bond acceptors (Lipinski definition) is 3. The number of nitrogens with zero attached hydrogens (tertiary/aromatic N) is 2. The highest BCUT2D eigenvalue weighted by Crippen LogP contribution is 2.07. The lowest BCUT2D eigenvalue weighted by molar-refractivity contribution is 0.0749. The summed E-state index contributed by atoms with van der Waals surface area (Å²) in [6, 6.07) is 3.23. The standard InChI is InChI=1S/C17H27N3O2/c1-4-7-9-19-16(21)14-8-10-18-15(13-14)17(22)20(11-5-2)12-6-3/h8,10,13H,4-7,9,11-12H2,1-3H3,(H,19,21). The predicted octanol–water partition coefficient (Wildman–Crippen LogP) is 2.87. The van der Waals surface area contributed by atoms with Crippen molar-refractivity contribution in [2.24, 2.45) is 0 Å². The summed E-state index contributed by atoms with van der Waals surface area (Å²) in [6.45, 7) is 8.23. The van der Waals surface area contributed by atoms with Gasteiger partial charge in [-0.3, -0.25) is 14.6 Å². The number of unbranched alkanes of at least 4 members (excludes halogenated alkanes) is 1. The van der Waals surface area contributed by atoms with Crippen molar-refractivity contribution in [2.75, 3.05) is 19.6 Å². The van der Waals surface area contributed by atoms with Gasteiger partial charge in [-0.2, -0.15) is 0 Å². The first kappa shape index (κ1) is 18.1. The van der Waals surface area contributed by atoms with Gasteiger partial charge in [-0.1, -0.05) is 27.2 Å². The molecule has 5 heteroatoms. The molecule has 0 aliphatic heterocycles. The zero-order valence-corrected chi connectivity index (χ0v) is 13.9. The summed E-state index contributed by atoms with van der Waals surface area (Å²) in [7, 11) is 0. The number of amides is 2. The summed E-state index contributed by atoms with van der Waals surface area (Å²) in [5.41, 5.74) is 0.826. The van der Waals surface area contributed by atoms with Crippen molar-refractivity contribution in [3.05, 3.63) is 29.6 Å². The molecule has 0 aromatic carbocycles. The van der Waals surface area contributed by atoms with Gasteiger partial charge in [0, 0.05) is 31.4 Å². The smallest absolute Gasteiger partial charge is 0.272 e. The van der Waals surface area contributed by atoms with Crippen LogP contribution in [0.4, 0.5) is 0 Å². The number of rotatable bonds is 9. The molecule has 0 spiro atoms. The van der Waals surface area contributed by atoms with Crippen LogP contribution in [-0.2, 0) is 0 Å². The van der Waals surface area contributed by atoms with E-state index < -0.39 is 0 Å². The van der Waals surface area contributed by atoms with Gasteiger partial charge in [-0.05, 0) is 31.4 Å². The Morgan fingerprint density at radius 3 is 2.41 bits per heavy atom. The molecule has 122 valence electrons. The normalized spacial score (nSPS) is 10.3. The molecule has 0 unspecified atom stereocenters. The van der Waals surface area contributed by atoms with E-state index in [1.54, 1.807) is 17.0 Å². The fourth-order valence-corrected chi connectivity index (χ4v) is 2.19. The van der Waals surface area contributed by atoms with Gasteiger partial charge in [0.15, 0.2) is 0 Å². The van der Waals surface area contributed by atoms with Gasteiger partial charge in [-0.15, -0.1) is 0 Å². The summed E-state index contributed by atoms with van der Waals surface area (Å²) < 4.78 is 0. The molecule has 1 rings (SSSR count). The molecule has 0 saturated heterocycles. The minimum Gasteiger partial charge on any atom is -0.352 e. The molecule has 22 heavy (non-hydrogen) atoms. The number of hydrogen-bond donors (Lipinski definition) is 1. The highest BCUT2D eigenvalue weighted by atomic mass is 16.2. The molecule has 1 N–H and O–H groups in total. The van der Waals surface area contributed by atoms with Gasteiger partial charge in [0.1, 0.15) is 5.69 Å². The van der Waals surface area contributed by atoms with Gasteiger partial charge < -0.3 is 10.2 Å². The van der Waals surface area contributed by atoms with Crippen LogP contribution in [0.2, 0.25) is 0 Å². The molecule has 0 aliphatic carbocycles. The fraction of sp³-hybridized carbons (Fsp3) is 0.588. The van der Waals surface area contributed by atoms with Crippen LogP contribution in [0.3, 0.4) is 0 Å². The third-order valence-corrected chi connectivity index (χ3v) is 3.33. The van der Waals surface area contributed by atoms with Crippen LogP contribution in [0.5, 0.6) is 0 Å². The van der Waals surface area contributed by atoms with Crippen LogP contribution in [0.1, 0.15) is 67.3 Å². The van der Waals surface area contributed by atoms with Crippen LogP contribution in [0, 0.1) is 0 Å². The number of nitrogens with one attached hydrogen (secondary N) is 1. The predicted molar refractivity (Wildman–Crippen MR) is 88.0 cm³/mol. The second-order valence-electron chi connectivity index (χ2n) is 5.33. The maximum atomic E-state index is 12.5. The number of carbonyl (C=O) groups is 2. The molecule has 5 nitrogen and oxygen atoms in total. The average Bonchev–Trinajstić information content (AvgIpc) is 2.54. The zero-order valence-electron chi connectivity index (χ0n) is 13.9. The van der Waals surface area contributed by atoms with E-state index in [0.717, 1.165) is 25.7 Å². The summed E-state index contributed by atoms with van der Waals surface area (Å²) in [5, 5.41) is 2.85. The molecule has 1 aromatic heterocycles. The summed E-state index contributed by atoms with van der Waals surface area (Å²) in [5.74, 6) is -0.255. The van der Waals surface area contributed by atoms with Crippen molar-refractivity contribution in [3.63, 3.8) is 0 Å². The largest absolute Gasteiger partial charge is 0.352 e. The van der Waals surface area contributed by atoms with E-state index in [4.69, 9.17) is 0 Å². The lowest BCUT2D eigenvalue weighted by Gasteiger charge is -2.21. The van der Waals surface area contributed by atoms with Gasteiger partial charge in [-0.25, -0.2) is 0 Å². The zero-order chi connectivity index (χ0) is 16.4. The average molecular weight is 305 g/mol. The van der Waals surface area contributed by atoms with E-state index >= 15 is 0 Å². The summed E-state index contributed by atoms with van der Waals surface area (Å²) in [6.07, 6.45) is 5.32. The molecule has 1 heterocycles. The molecule has 0 saturated carbocycles. The van der Waals surface area contributed by atoms with E-state index in [1.165, 1.54) is 6.20 Å². The molecular formula is C17H27N3O2. The highest BCUT2D eigenvalue weighted by Gasteiger charge is 2.17. The van der Waals surface area contributed by atoms with Crippen molar-refractivity contribution in [2.45, 2.75) is 46.5 Å². The van der Waals surface area contributed by atoms with Crippen LogP contribution >= 0.6 is 0 Å². The monoisotopic (exact) mass is 305 g/mol. The minimum absolute atomic E-state index is 0.105. The summed E-state index contributed by atoms with van der Waals surface area (Å²) >= 11 is 0. The van der Waals surface area contributed by atoms with Crippen LogP contribution in [0.25, 0.3) is 0 Å². The Balaban J connectivity index is 2.81. The Hall–Kier alpha value is -1.91. The lowest BCUT2D eigenvalue weighted by Crippen LogP contribution is -2.33. The van der Waals surface area contributed by atoms with Gasteiger partial charge in [0.05, 0.1) is 0 Å². The van der Waals surface area contributed by atoms with E-state index in [0.29, 0.717) is 30.9 Å². The SMILES string of the molecule is CCCCNC(=O)c1ccnc(C(=O)N(CCC)CCC)c1. The second kappa shape index (κ2) is 9.92. The third-order valence-electron chi connectivity index (χ3n) is 3.33. The van der Waals surface area contributed by atoms with Crippen LogP contribution in [0.15, 0.2) is 18.3 Å². The maximum Gasteiger partial charge on any atom is 0.272 e. The minimum atomic E-state index is -0.151. The molecule has 0 aliphatic rings. The van der Waals surface area contributed by atoms with E-state index in [9.17, 15) is 9.59 Å². The fourth-order valence-electron chi connectivity index (χ4n) is 2.19. The van der Waals surface area contributed by atoms with E-state index in [2.05, 4.69) is 17.2 Å². The molecule has 0 bridgehead atoms. The molecule has 1 aromatic rings. The molecule has 0 atom stereocenters. The lowest BCUT2D eigenvalue weighted by atomic mass is 10.2. The topological polar surface area (TPSA) is 62.3 Å². The van der Waals surface area contributed by atoms with Crippen molar-refractivity contribution >= 4 is 11.8 Å². The first-order chi connectivity index (χ1) is 10.6. The second-order valence-corrected chi connectivity index (χ2v) is 5.33. The van der Waals surface area contributed by atoms with Crippen LogP contribution < -0.4 is 5.32 Å². The van der Waals surface area contributed by atoms with E-state index in [-0.39, 0.29) is 11.8 Å². The molecule has 0 radical (unpaired) electrons. The number of pyridine rings is 1. The Kier molecular flexibility index (Phi) is 8.18. The third kappa shape index (κ3) is 5.47. The number of carbonyl (C=O) groups excluding carboxylic acids is 2. The van der Waals surface area contributed by atoms with Crippen molar-refractivity contribution in [1.29, 1.82) is 0 Å². The first-order valence-corrected chi connectivity index (χ1v) is 8.17. The van der Waals surface area contributed by atoms with Gasteiger partial charge >= 0.3 is 0 Å². The summed E-state index contributed by atoms with van der Waals surface area (Å²) in [4.78, 5) is 30.5.